The first-order valence-electron chi connectivity index (χ1n) is 10.2. The van der Waals surface area contributed by atoms with Crippen LogP contribution in [-0.2, 0) is 4.79 Å². The quantitative estimate of drug-likeness (QED) is 0.153. The fourth-order valence-electron chi connectivity index (χ4n) is 2.82. The van der Waals surface area contributed by atoms with Crippen molar-refractivity contribution in [1.82, 2.24) is 10.7 Å². The largest absolute Gasteiger partial charge is 0.491 e. The van der Waals surface area contributed by atoms with Gasteiger partial charge in [0, 0.05) is 13.0 Å². The van der Waals surface area contributed by atoms with Gasteiger partial charge in [0.2, 0.25) is 5.91 Å². The molecule has 1 atom stereocenters. The summed E-state index contributed by atoms with van der Waals surface area (Å²) in [6, 6.07) is 7.85. The van der Waals surface area contributed by atoms with Crippen LogP contribution in [0.5, 0.6) is 5.75 Å². The van der Waals surface area contributed by atoms with Crippen molar-refractivity contribution in [3.8, 4) is 5.75 Å². The van der Waals surface area contributed by atoms with Gasteiger partial charge in [-0.3, -0.25) is 10.2 Å². The Hall–Kier alpha value is -1.63. The van der Waals surface area contributed by atoms with E-state index in [1.165, 1.54) is 37.7 Å². The van der Waals surface area contributed by atoms with Crippen molar-refractivity contribution >= 4 is 5.91 Å². The van der Waals surface area contributed by atoms with Crippen LogP contribution in [0, 0.1) is 6.92 Å². The average Bonchev–Trinajstić information content (AvgIpc) is 2.68. The van der Waals surface area contributed by atoms with Crippen molar-refractivity contribution in [2.24, 2.45) is 5.84 Å². The molecule has 0 bridgehead atoms. The first-order valence-corrected chi connectivity index (χ1v) is 10.2. The van der Waals surface area contributed by atoms with Crippen molar-refractivity contribution in [2.75, 3.05) is 19.7 Å². The van der Waals surface area contributed by atoms with Crippen molar-refractivity contribution in [3.63, 3.8) is 0 Å². The van der Waals surface area contributed by atoms with Crippen LogP contribution in [0.2, 0.25) is 0 Å². The minimum Gasteiger partial charge on any atom is -0.491 e. The average molecular weight is 380 g/mol. The van der Waals surface area contributed by atoms with Crippen molar-refractivity contribution in [1.29, 1.82) is 0 Å². The Morgan fingerprint density at radius 1 is 1.04 bits per heavy atom. The molecule has 6 nitrogen and oxygen atoms in total. The van der Waals surface area contributed by atoms with Crippen molar-refractivity contribution < 1.29 is 14.6 Å². The molecule has 0 spiro atoms. The lowest BCUT2D eigenvalue weighted by Crippen LogP contribution is -2.32. The Labute approximate surface area is 163 Å². The number of unbranched alkanes of at least 4 members (excludes halogenated alkanes) is 7. The number of benzene rings is 1. The minimum absolute atomic E-state index is 0.0747. The summed E-state index contributed by atoms with van der Waals surface area (Å²) in [7, 11) is 0. The Kier molecular flexibility index (Phi) is 13.4. The Bertz CT molecular complexity index is 494. The zero-order valence-corrected chi connectivity index (χ0v) is 16.7. The predicted octanol–water partition coefficient (Wildman–Crippen LogP) is 2.83. The monoisotopic (exact) mass is 379 g/mol. The fraction of sp³-hybridized carbons (Fsp3) is 0.667. The van der Waals surface area contributed by atoms with E-state index in [4.69, 9.17) is 10.6 Å². The van der Waals surface area contributed by atoms with Crippen LogP contribution in [0.3, 0.4) is 0 Å². The number of ether oxygens (including phenoxy) is 1. The number of rotatable bonds is 16. The number of aliphatic hydroxyl groups excluding tert-OH is 1. The first-order chi connectivity index (χ1) is 13.1. The summed E-state index contributed by atoms with van der Waals surface area (Å²) < 4.78 is 5.57. The standard InChI is InChI=1S/C21H37N3O3/c1-18-11-13-20(14-12-18)27-17-19(25)16-23-15-9-7-5-3-2-4-6-8-10-21(26)24-22/h11-14,19,23,25H,2-10,15-17,22H2,1H3,(H,24,26). The summed E-state index contributed by atoms with van der Waals surface area (Å²) in [5.41, 5.74) is 3.35. The Morgan fingerprint density at radius 3 is 2.26 bits per heavy atom. The molecule has 0 radical (unpaired) electrons. The summed E-state index contributed by atoms with van der Waals surface area (Å²) in [4.78, 5) is 11.0. The van der Waals surface area contributed by atoms with Gasteiger partial charge in [-0.15, -0.1) is 0 Å². The van der Waals surface area contributed by atoms with Crippen LogP contribution in [-0.4, -0.2) is 36.8 Å². The van der Waals surface area contributed by atoms with E-state index in [2.05, 4.69) is 10.7 Å². The van der Waals surface area contributed by atoms with Gasteiger partial charge < -0.3 is 15.2 Å². The molecule has 0 heterocycles. The Balaban J connectivity index is 1.84. The highest BCUT2D eigenvalue weighted by atomic mass is 16.5. The maximum atomic E-state index is 11.0. The number of hydrogen-bond donors (Lipinski definition) is 4. The van der Waals surface area contributed by atoms with E-state index in [9.17, 15) is 9.90 Å². The molecule has 6 heteroatoms. The molecule has 0 saturated carbocycles. The molecule has 0 aliphatic rings. The van der Waals surface area contributed by atoms with Gasteiger partial charge in [0.05, 0.1) is 0 Å². The van der Waals surface area contributed by atoms with Crippen LogP contribution in [0.25, 0.3) is 0 Å². The third kappa shape index (κ3) is 13.2. The molecule has 154 valence electrons. The molecule has 27 heavy (non-hydrogen) atoms. The molecular formula is C21H37N3O3. The molecule has 0 saturated heterocycles. The molecule has 1 aromatic rings. The van der Waals surface area contributed by atoms with Crippen LogP contribution >= 0.6 is 0 Å². The van der Waals surface area contributed by atoms with E-state index in [1.54, 1.807) is 0 Å². The summed E-state index contributed by atoms with van der Waals surface area (Å²) >= 11 is 0. The summed E-state index contributed by atoms with van der Waals surface area (Å²) in [6.45, 7) is 3.83. The summed E-state index contributed by atoms with van der Waals surface area (Å²) in [6.07, 6.45) is 9.29. The van der Waals surface area contributed by atoms with Crippen LogP contribution in [0.4, 0.5) is 0 Å². The van der Waals surface area contributed by atoms with E-state index >= 15 is 0 Å². The lowest BCUT2D eigenvalue weighted by Gasteiger charge is -2.13. The highest BCUT2D eigenvalue weighted by Gasteiger charge is 2.04. The number of aliphatic hydroxyl groups is 1. The molecule has 0 aliphatic heterocycles. The number of carbonyl (C=O) groups excluding carboxylic acids is 1. The molecule has 0 fully saturated rings. The molecule has 1 aromatic carbocycles. The van der Waals surface area contributed by atoms with Gasteiger partial charge in [-0.2, -0.15) is 0 Å². The van der Waals surface area contributed by atoms with Gasteiger partial charge in [0.15, 0.2) is 0 Å². The SMILES string of the molecule is Cc1ccc(OCC(O)CNCCCCCCCCCCC(=O)NN)cc1. The van der Waals surface area contributed by atoms with E-state index in [-0.39, 0.29) is 5.91 Å². The zero-order valence-electron chi connectivity index (χ0n) is 16.7. The van der Waals surface area contributed by atoms with Crippen LogP contribution in [0.1, 0.15) is 63.4 Å². The normalized spacial score (nSPS) is 12.0. The molecule has 1 unspecified atom stereocenters. The molecule has 0 aliphatic carbocycles. The van der Waals surface area contributed by atoms with Crippen molar-refractivity contribution in [2.45, 2.75) is 70.8 Å². The van der Waals surface area contributed by atoms with Crippen LogP contribution < -0.4 is 21.3 Å². The molecule has 1 amide bonds. The number of amides is 1. The topological polar surface area (TPSA) is 96.6 Å². The van der Waals surface area contributed by atoms with Gasteiger partial charge in [-0.1, -0.05) is 56.2 Å². The zero-order chi connectivity index (χ0) is 19.7. The van der Waals surface area contributed by atoms with Gasteiger partial charge in [0.1, 0.15) is 18.5 Å². The maximum Gasteiger partial charge on any atom is 0.233 e. The lowest BCUT2D eigenvalue weighted by molar-refractivity contribution is -0.121. The number of hydrogen-bond acceptors (Lipinski definition) is 5. The molecule has 1 rings (SSSR count). The number of nitrogens with one attached hydrogen (secondary N) is 2. The second kappa shape index (κ2) is 15.4. The van der Waals surface area contributed by atoms with Gasteiger partial charge in [-0.05, 0) is 38.4 Å². The second-order valence-electron chi connectivity index (χ2n) is 7.13. The Morgan fingerprint density at radius 2 is 1.63 bits per heavy atom. The number of nitrogens with two attached hydrogens (primary N) is 1. The van der Waals surface area contributed by atoms with Gasteiger partial charge >= 0.3 is 0 Å². The summed E-state index contributed by atoms with van der Waals surface area (Å²) in [5, 5.41) is 13.2. The summed E-state index contributed by atoms with van der Waals surface area (Å²) in [5.74, 6) is 5.76. The highest BCUT2D eigenvalue weighted by Crippen LogP contribution is 2.11. The van der Waals surface area contributed by atoms with E-state index < -0.39 is 6.10 Å². The third-order valence-electron chi connectivity index (χ3n) is 4.51. The minimum atomic E-state index is -0.493. The van der Waals surface area contributed by atoms with E-state index in [1.807, 2.05) is 31.2 Å². The molecular weight excluding hydrogens is 342 g/mol. The fourth-order valence-corrected chi connectivity index (χ4v) is 2.82. The van der Waals surface area contributed by atoms with Crippen molar-refractivity contribution in [3.05, 3.63) is 29.8 Å². The number of carbonyl (C=O) groups is 1. The van der Waals surface area contributed by atoms with Gasteiger partial charge in [0.25, 0.3) is 0 Å². The molecule has 5 N–H and O–H groups in total. The predicted molar refractivity (Wildman–Crippen MR) is 109 cm³/mol. The first kappa shape index (κ1) is 23.4. The van der Waals surface area contributed by atoms with E-state index in [0.717, 1.165) is 31.6 Å². The molecule has 0 aromatic heterocycles. The second-order valence-corrected chi connectivity index (χ2v) is 7.13. The lowest BCUT2D eigenvalue weighted by atomic mass is 10.1. The number of hydrazine groups is 1. The smallest absolute Gasteiger partial charge is 0.233 e. The highest BCUT2D eigenvalue weighted by molar-refractivity contribution is 5.75. The number of aryl methyl sites for hydroxylation is 1. The van der Waals surface area contributed by atoms with E-state index in [0.29, 0.717) is 19.6 Å². The maximum absolute atomic E-state index is 11.0. The van der Waals surface area contributed by atoms with Gasteiger partial charge in [-0.25, -0.2) is 5.84 Å². The van der Waals surface area contributed by atoms with Crippen LogP contribution in [0.15, 0.2) is 24.3 Å². The third-order valence-corrected chi connectivity index (χ3v) is 4.51.